The summed E-state index contributed by atoms with van der Waals surface area (Å²) in [4.78, 5) is 21.8. The van der Waals surface area contributed by atoms with Crippen molar-refractivity contribution < 1.29 is 27.3 Å². The summed E-state index contributed by atoms with van der Waals surface area (Å²) in [5, 5.41) is 8.53. The van der Waals surface area contributed by atoms with E-state index in [0.29, 0.717) is 0 Å². The molecule has 20 heavy (non-hydrogen) atoms. The highest BCUT2D eigenvalue weighted by atomic mass is 33.1. The molecule has 0 heterocycles. The average Bonchev–Trinajstić information content (AvgIpc) is 2.32. The van der Waals surface area contributed by atoms with Gasteiger partial charge in [0.05, 0.1) is 5.75 Å². The Hall–Kier alpha value is -0.530. The van der Waals surface area contributed by atoms with Crippen molar-refractivity contribution in [2.24, 2.45) is 17.2 Å². The second-order valence-electron chi connectivity index (χ2n) is 3.57. The van der Waals surface area contributed by atoms with Crippen LogP contribution in [0.2, 0.25) is 0 Å². The molecule has 0 saturated carbocycles. The topological polar surface area (TPSA) is 176 Å². The monoisotopic (exact) mass is 347 g/mol. The number of hydrogen-bond acceptors (Lipinski definition) is 10. The van der Waals surface area contributed by atoms with Crippen molar-refractivity contribution >= 4 is 43.6 Å². The van der Waals surface area contributed by atoms with Crippen LogP contribution >= 0.6 is 21.6 Å². The van der Waals surface area contributed by atoms with E-state index < -0.39 is 39.9 Å². The first-order chi connectivity index (χ1) is 9.19. The van der Waals surface area contributed by atoms with E-state index in [1.807, 2.05) is 0 Å². The highest BCUT2D eigenvalue weighted by Crippen LogP contribution is 2.22. The van der Waals surface area contributed by atoms with Crippen LogP contribution < -0.4 is 17.2 Å². The number of carbonyl (C=O) groups is 2. The summed E-state index contributed by atoms with van der Waals surface area (Å²) in [6, 6.07) is -2.15. The molecule has 0 unspecified atom stereocenters. The van der Waals surface area contributed by atoms with Crippen LogP contribution in [0.1, 0.15) is 0 Å². The molecule has 0 aromatic rings. The Labute approximate surface area is 124 Å². The molecule has 0 rings (SSSR count). The lowest BCUT2D eigenvalue weighted by Crippen LogP contribution is -2.37. The second-order valence-corrected chi connectivity index (χ2v) is 7.82. The number of carbonyl (C=O) groups excluding carboxylic acids is 1. The maximum Gasteiger partial charge on any atom is 0.339 e. The van der Waals surface area contributed by atoms with E-state index in [2.05, 4.69) is 4.18 Å². The maximum absolute atomic E-state index is 11.4. The normalized spacial score (nSPS) is 14.6. The molecule has 9 nitrogen and oxygen atoms in total. The van der Waals surface area contributed by atoms with Crippen LogP contribution in [0.15, 0.2) is 0 Å². The minimum atomic E-state index is -4.00. The fraction of sp³-hybridized carbons (Fsp3) is 0.750. The maximum atomic E-state index is 11.4. The zero-order chi connectivity index (χ0) is 15.8. The molecule has 2 atom stereocenters. The summed E-state index contributed by atoms with van der Waals surface area (Å²) in [5.74, 6) is -2.48. The molecule has 0 spiro atoms. The van der Waals surface area contributed by atoms with Crippen LogP contribution in [0, 0.1) is 0 Å². The first kappa shape index (κ1) is 19.5. The van der Waals surface area contributed by atoms with Crippen LogP contribution in [0.5, 0.6) is 0 Å². The van der Waals surface area contributed by atoms with Gasteiger partial charge in [-0.15, -0.1) is 0 Å². The lowest BCUT2D eigenvalue weighted by Gasteiger charge is -2.11. The fourth-order valence-electron chi connectivity index (χ4n) is 0.755. The third-order valence-electron chi connectivity index (χ3n) is 1.78. The zero-order valence-electron chi connectivity index (χ0n) is 10.4. The molecule has 0 aromatic carbocycles. The number of carboxylic acids is 1. The molecular formula is C8H17N3O6S3. The minimum Gasteiger partial charge on any atom is -0.480 e. The van der Waals surface area contributed by atoms with Gasteiger partial charge in [0.25, 0.3) is 0 Å². The van der Waals surface area contributed by atoms with Gasteiger partial charge < -0.3 is 26.5 Å². The Balaban J connectivity index is 4.01. The molecular weight excluding hydrogens is 330 g/mol. The number of nitrogens with two attached hydrogens (primary N) is 3. The summed E-state index contributed by atoms with van der Waals surface area (Å²) >= 11 is 0. The molecule has 118 valence electrons. The molecule has 0 fully saturated rings. The van der Waals surface area contributed by atoms with E-state index in [-0.39, 0.29) is 18.1 Å². The highest BCUT2D eigenvalue weighted by Gasteiger charge is 2.22. The Bertz CT molecular complexity index is 429. The van der Waals surface area contributed by atoms with E-state index in [0.717, 1.165) is 21.6 Å². The molecule has 0 aliphatic carbocycles. The van der Waals surface area contributed by atoms with Gasteiger partial charge in [-0.05, 0) is 0 Å². The number of aliphatic carboxylic acids is 1. The highest BCUT2D eigenvalue weighted by molar-refractivity contribution is 8.76. The van der Waals surface area contributed by atoms with E-state index in [9.17, 15) is 18.0 Å². The van der Waals surface area contributed by atoms with Crippen LogP contribution in [-0.4, -0.2) is 61.3 Å². The number of rotatable bonds is 10. The Morgan fingerprint density at radius 2 is 1.65 bits per heavy atom. The summed E-state index contributed by atoms with van der Waals surface area (Å²) in [5.41, 5.74) is 15.8. The van der Waals surface area contributed by atoms with E-state index in [4.69, 9.17) is 22.3 Å². The van der Waals surface area contributed by atoms with Crippen molar-refractivity contribution in [1.82, 2.24) is 0 Å². The predicted molar refractivity (Wildman–Crippen MR) is 77.4 cm³/mol. The van der Waals surface area contributed by atoms with Gasteiger partial charge >= 0.3 is 22.1 Å². The zero-order valence-corrected chi connectivity index (χ0v) is 12.9. The number of carboxylic acid groups (broad SMARTS) is 1. The summed E-state index contributed by atoms with van der Waals surface area (Å²) < 4.78 is 26.6. The molecule has 0 amide bonds. The number of hydrogen-bond donors (Lipinski definition) is 4. The standard InChI is InChI=1S/C8H17N3O6S3/c9-1-2-20(15,16)17-8(14)6(11)4-19-18-3-5(10)7(12)13/h5-6H,1-4,9-11H2,(H,12,13)/t5-,6-/m0/s1. The van der Waals surface area contributed by atoms with E-state index in [1.54, 1.807) is 0 Å². The lowest BCUT2D eigenvalue weighted by atomic mass is 10.4. The average molecular weight is 347 g/mol. The molecule has 0 aliphatic heterocycles. The Kier molecular flexibility index (Phi) is 9.16. The lowest BCUT2D eigenvalue weighted by molar-refractivity contribution is -0.138. The Morgan fingerprint density at radius 3 is 2.10 bits per heavy atom. The van der Waals surface area contributed by atoms with Crippen molar-refractivity contribution in [3.05, 3.63) is 0 Å². The molecule has 0 aromatic heterocycles. The Morgan fingerprint density at radius 1 is 1.15 bits per heavy atom. The van der Waals surface area contributed by atoms with Crippen LogP contribution in [0.3, 0.4) is 0 Å². The van der Waals surface area contributed by atoms with Gasteiger partial charge in [0.15, 0.2) is 0 Å². The van der Waals surface area contributed by atoms with Crippen molar-refractivity contribution in [1.29, 1.82) is 0 Å². The minimum absolute atomic E-state index is 0.0635. The van der Waals surface area contributed by atoms with Crippen molar-refractivity contribution in [2.45, 2.75) is 12.1 Å². The summed E-state index contributed by atoms with van der Waals surface area (Å²) in [6.45, 7) is -0.164. The molecule has 0 aliphatic rings. The van der Waals surface area contributed by atoms with Gasteiger partial charge in [0, 0.05) is 18.1 Å². The van der Waals surface area contributed by atoms with Crippen LogP contribution in [0.25, 0.3) is 0 Å². The van der Waals surface area contributed by atoms with Crippen molar-refractivity contribution in [3.8, 4) is 0 Å². The van der Waals surface area contributed by atoms with E-state index in [1.165, 1.54) is 0 Å². The summed E-state index contributed by atoms with van der Waals surface area (Å²) in [7, 11) is -1.78. The van der Waals surface area contributed by atoms with Gasteiger partial charge in [0.2, 0.25) is 0 Å². The first-order valence-electron chi connectivity index (χ1n) is 5.34. The smallest absolute Gasteiger partial charge is 0.339 e. The van der Waals surface area contributed by atoms with Crippen LogP contribution in [0.4, 0.5) is 0 Å². The van der Waals surface area contributed by atoms with Crippen molar-refractivity contribution in [3.63, 3.8) is 0 Å². The quantitative estimate of drug-likeness (QED) is 0.194. The molecule has 12 heteroatoms. The third-order valence-corrected chi connectivity index (χ3v) is 5.40. The van der Waals surface area contributed by atoms with Gasteiger partial charge in [-0.3, -0.25) is 4.79 Å². The molecule has 0 bridgehead atoms. The fourth-order valence-corrected chi connectivity index (χ4v) is 3.72. The molecule has 7 N–H and O–H groups in total. The van der Waals surface area contributed by atoms with Gasteiger partial charge in [-0.2, -0.15) is 8.42 Å². The third kappa shape index (κ3) is 8.60. The van der Waals surface area contributed by atoms with Crippen molar-refractivity contribution in [2.75, 3.05) is 23.8 Å². The molecule has 0 radical (unpaired) electrons. The second kappa shape index (κ2) is 9.41. The van der Waals surface area contributed by atoms with Gasteiger partial charge in [-0.25, -0.2) is 4.79 Å². The largest absolute Gasteiger partial charge is 0.480 e. The van der Waals surface area contributed by atoms with Crippen LogP contribution in [-0.2, 0) is 23.9 Å². The van der Waals surface area contributed by atoms with Gasteiger partial charge in [0.1, 0.15) is 12.1 Å². The summed E-state index contributed by atoms with van der Waals surface area (Å²) in [6.07, 6.45) is 0. The first-order valence-corrected chi connectivity index (χ1v) is 9.40. The predicted octanol–water partition coefficient (Wildman–Crippen LogP) is -2.06. The SMILES string of the molecule is NCCS(=O)(=O)OC(=O)[C@@H](N)CSSC[C@H](N)C(=O)O. The van der Waals surface area contributed by atoms with Gasteiger partial charge in [-0.1, -0.05) is 21.6 Å². The molecule has 0 saturated heterocycles. The van der Waals surface area contributed by atoms with E-state index >= 15 is 0 Å².